The Labute approximate surface area is 101 Å². The lowest BCUT2D eigenvalue weighted by Crippen LogP contribution is -2.14. The van der Waals surface area contributed by atoms with E-state index in [1.165, 1.54) is 18.4 Å². The highest BCUT2D eigenvalue weighted by Crippen LogP contribution is 2.47. The second-order valence-corrected chi connectivity index (χ2v) is 5.10. The van der Waals surface area contributed by atoms with E-state index in [-0.39, 0.29) is 0 Å². The number of hydrogen-bond acceptors (Lipinski definition) is 2. The number of benzene rings is 1. The highest BCUT2D eigenvalue weighted by molar-refractivity contribution is 7.80. The fourth-order valence-electron chi connectivity index (χ4n) is 1.48. The topological polar surface area (TPSA) is 9.23 Å². The van der Waals surface area contributed by atoms with Crippen LogP contribution in [0.1, 0.15) is 18.4 Å². The lowest BCUT2D eigenvalue weighted by atomic mass is 10.1. The van der Waals surface area contributed by atoms with Crippen LogP contribution in [0.4, 0.5) is 0 Å². The van der Waals surface area contributed by atoms with Gasteiger partial charge in [-0.15, -0.1) is 0 Å². The molecule has 3 heteroatoms. The van der Waals surface area contributed by atoms with Crippen molar-refractivity contribution in [3.63, 3.8) is 0 Å². The van der Waals surface area contributed by atoms with Crippen LogP contribution in [0.25, 0.3) is 0 Å². The Balaban J connectivity index is 2.01. The van der Waals surface area contributed by atoms with E-state index in [2.05, 4.69) is 12.6 Å². The third-order valence-electron chi connectivity index (χ3n) is 2.91. The van der Waals surface area contributed by atoms with Crippen molar-refractivity contribution in [2.45, 2.75) is 19.8 Å². The highest BCUT2D eigenvalue weighted by Gasteiger charge is 2.42. The van der Waals surface area contributed by atoms with Crippen molar-refractivity contribution >= 4 is 24.2 Å². The first-order chi connectivity index (χ1) is 7.15. The van der Waals surface area contributed by atoms with Crippen molar-refractivity contribution in [2.24, 2.45) is 5.41 Å². The maximum atomic E-state index is 6.04. The average molecular weight is 243 g/mol. The molecule has 0 N–H and O–H groups in total. The molecule has 82 valence electrons. The van der Waals surface area contributed by atoms with Crippen LogP contribution in [0.5, 0.6) is 5.75 Å². The Hall–Kier alpha value is -0.340. The van der Waals surface area contributed by atoms with Crippen LogP contribution in [0.15, 0.2) is 18.2 Å². The van der Waals surface area contributed by atoms with E-state index in [1.807, 2.05) is 25.1 Å². The molecule has 0 saturated heterocycles. The predicted octanol–water partition coefficient (Wildman–Crippen LogP) is 3.74. The molecule has 0 heterocycles. The SMILES string of the molecule is Cc1ccc(Cl)c(OCC2(CS)CC2)c1. The van der Waals surface area contributed by atoms with Crippen molar-refractivity contribution < 1.29 is 4.74 Å². The zero-order chi connectivity index (χ0) is 10.9. The number of thiol groups is 1. The number of ether oxygens (including phenoxy) is 1. The summed E-state index contributed by atoms with van der Waals surface area (Å²) in [7, 11) is 0. The summed E-state index contributed by atoms with van der Waals surface area (Å²) in [5.74, 6) is 1.70. The minimum Gasteiger partial charge on any atom is -0.491 e. The maximum absolute atomic E-state index is 6.04. The Morgan fingerprint density at radius 1 is 1.47 bits per heavy atom. The normalized spacial score (nSPS) is 17.5. The van der Waals surface area contributed by atoms with Gasteiger partial charge in [0.25, 0.3) is 0 Å². The molecule has 1 nitrogen and oxygen atoms in total. The summed E-state index contributed by atoms with van der Waals surface area (Å²) in [5.41, 5.74) is 1.49. The van der Waals surface area contributed by atoms with Gasteiger partial charge in [0, 0.05) is 5.41 Å². The monoisotopic (exact) mass is 242 g/mol. The van der Waals surface area contributed by atoms with Gasteiger partial charge >= 0.3 is 0 Å². The van der Waals surface area contributed by atoms with Gasteiger partial charge in [-0.2, -0.15) is 12.6 Å². The molecular formula is C12H15ClOS. The zero-order valence-corrected chi connectivity index (χ0v) is 10.4. The fourth-order valence-corrected chi connectivity index (χ4v) is 2.06. The Bertz CT molecular complexity index is 361. The highest BCUT2D eigenvalue weighted by atomic mass is 35.5. The van der Waals surface area contributed by atoms with E-state index in [1.54, 1.807) is 0 Å². The first-order valence-electron chi connectivity index (χ1n) is 5.15. The third kappa shape index (κ3) is 2.61. The smallest absolute Gasteiger partial charge is 0.138 e. The molecule has 0 spiro atoms. The summed E-state index contributed by atoms with van der Waals surface area (Å²) in [6.07, 6.45) is 2.44. The van der Waals surface area contributed by atoms with Gasteiger partial charge in [0.1, 0.15) is 5.75 Å². The van der Waals surface area contributed by atoms with E-state index in [0.717, 1.165) is 18.1 Å². The lowest BCUT2D eigenvalue weighted by molar-refractivity contribution is 0.251. The van der Waals surface area contributed by atoms with Crippen LogP contribution in [0.2, 0.25) is 5.02 Å². The molecule has 0 unspecified atom stereocenters. The summed E-state index contributed by atoms with van der Waals surface area (Å²) in [4.78, 5) is 0. The van der Waals surface area contributed by atoms with Crippen molar-refractivity contribution in [3.05, 3.63) is 28.8 Å². The van der Waals surface area contributed by atoms with Gasteiger partial charge in [0.15, 0.2) is 0 Å². The Morgan fingerprint density at radius 3 is 2.80 bits per heavy atom. The van der Waals surface area contributed by atoms with Gasteiger partial charge in [-0.05, 0) is 43.2 Å². The van der Waals surface area contributed by atoms with Gasteiger partial charge in [-0.3, -0.25) is 0 Å². The summed E-state index contributed by atoms with van der Waals surface area (Å²) >= 11 is 10.4. The molecule has 0 atom stereocenters. The quantitative estimate of drug-likeness (QED) is 0.792. The van der Waals surface area contributed by atoms with E-state index >= 15 is 0 Å². The third-order valence-corrected chi connectivity index (χ3v) is 3.90. The van der Waals surface area contributed by atoms with Crippen LogP contribution in [-0.2, 0) is 0 Å². The summed E-state index contributed by atoms with van der Waals surface area (Å²) in [6.45, 7) is 2.77. The summed E-state index contributed by atoms with van der Waals surface area (Å²) in [6, 6.07) is 5.85. The second-order valence-electron chi connectivity index (χ2n) is 4.38. The first-order valence-corrected chi connectivity index (χ1v) is 6.16. The van der Waals surface area contributed by atoms with E-state index < -0.39 is 0 Å². The molecule has 1 aliphatic carbocycles. The second kappa shape index (κ2) is 4.26. The Morgan fingerprint density at radius 2 is 2.20 bits per heavy atom. The Kier molecular flexibility index (Phi) is 3.17. The van der Waals surface area contributed by atoms with Crippen LogP contribution < -0.4 is 4.74 Å². The molecule has 1 fully saturated rings. The first kappa shape index (κ1) is 11.2. The van der Waals surface area contributed by atoms with Crippen LogP contribution in [0.3, 0.4) is 0 Å². The lowest BCUT2D eigenvalue weighted by Gasteiger charge is -2.14. The molecule has 1 aromatic rings. The standard InChI is InChI=1S/C12H15ClOS/c1-9-2-3-10(13)11(6-9)14-7-12(8-15)4-5-12/h2-3,6,15H,4-5,7-8H2,1H3. The minimum atomic E-state index is 0.316. The molecule has 0 aliphatic heterocycles. The molecular weight excluding hydrogens is 228 g/mol. The molecule has 15 heavy (non-hydrogen) atoms. The van der Waals surface area contributed by atoms with Gasteiger partial charge < -0.3 is 4.74 Å². The molecule has 0 amide bonds. The van der Waals surface area contributed by atoms with Gasteiger partial charge in [0.05, 0.1) is 11.6 Å². The number of halogens is 1. The number of aryl methyl sites for hydroxylation is 1. The van der Waals surface area contributed by atoms with Crippen LogP contribution in [-0.4, -0.2) is 12.4 Å². The van der Waals surface area contributed by atoms with Crippen molar-refractivity contribution in [2.75, 3.05) is 12.4 Å². The van der Waals surface area contributed by atoms with E-state index in [0.29, 0.717) is 10.4 Å². The predicted molar refractivity (Wildman–Crippen MR) is 67.2 cm³/mol. The van der Waals surface area contributed by atoms with Gasteiger partial charge in [-0.1, -0.05) is 17.7 Å². The molecule has 0 radical (unpaired) electrons. The van der Waals surface area contributed by atoms with Crippen molar-refractivity contribution in [3.8, 4) is 5.75 Å². The average Bonchev–Trinajstić information content (AvgIpc) is 3.00. The molecule has 1 saturated carbocycles. The largest absolute Gasteiger partial charge is 0.491 e. The van der Waals surface area contributed by atoms with Crippen molar-refractivity contribution in [1.29, 1.82) is 0 Å². The van der Waals surface area contributed by atoms with E-state index in [9.17, 15) is 0 Å². The van der Waals surface area contributed by atoms with Crippen molar-refractivity contribution in [1.82, 2.24) is 0 Å². The number of rotatable bonds is 4. The maximum Gasteiger partial charge on any atom is 0.138 e. The summed E-state index contributed by atoms with van der Waals surface area (Å²) in [5, 5.41) is 0.690. The van der Waals surface area contributed by atoms with Crippen LogP contribution >= 0.6 is 24.2 Å². The zero-order valence-electron chi connectivity index (χ0n) is 8.79. The molecule has 0 aromatic heterocycles. The van der Waals surface area contributed by atoms with Gasteiger partial charge in [-0.25, -0.2) is 0 Å². The number of hydrogen-bond donors (Lipinski definition) is 1. The molecule has 0 bridgehead atoms. The summed E-state index contributed by atoms with van der Waals surface area (Å²) < 4.78 is 5.75. The fraction of sp³-hybridized carbons (Fsp3) is 0.500. The van der Waals surface area contributed by atoms with Gasteiger partial charge in [0.2, 0.25) is 0 Å². The van der Waals surface area contributed by atoms with E-state index in [4.69, 9.17) is 16.3 Å². The molecule has 1 aliphatic rings. The molecule has 2 rings (SSSR count). The molecule has 1 aromatic carbocycles. The minimum absolute atomic E-state index is 0.316. The van der Waals surface area contributed by atoms with Crippen LogP contribution in [0, 0.1) is 12.3 Å².